The van der Waals surface area contributed by atoms with E-state index in [1.807, 2.05) is 6.07 Å². The Labute approximate surface area is 115 Å². The van der Waals surface area contributed by atoms with E-state index in [4.69, 9.17) is 22.0 Å². The Morgan fingerprint density at radius 3 is 3.00 bits per heavy atom. The molecule has 2 N–H and O–H groups in total. The van der Waals surface area contributed by atoms with Crippen LogP contribution in [0.15, 0.2) is 6.20 Å². The van der Waals surface area contributed by atoms with Crippen molar-refractivity contribution in [2.75, 3.05) is 5.32 Å². The minimum Gasteiger partial charge on any atom is -0.481 e. The number of hydrogen-bond donors (Lipinski definition) is 2. The molecule has 0 spiro atoms. The lowest BCUT2D eigenvalue weighted by atomic mass is 9.86. The number of nitrogens with zero attached hydrogens (tertiary/aromatic N) is 3. The van der Waals surface area contributed by atoms with Crippen molar-refractivity contribution in [3.63, 3.8) is 0 Å². The summed E-state index contributed by atoms with van der Waals surface area (Å²) in [7, 11) is 0. The van der Waals surface area contributed by atoms with Crippen LogP contribution in [0.25, 0.3) is 0 Å². The van der Waals surface area contributed by atoms with Gasteiger partial charge in [-0.1, -0.05) is 18.0 Å². The van der Waals surface area contributed by atoms with Crippen LogP contribution >= 0.6 is 11.6 Å². The quantitative estimate of drug-likeness (QED) is 0.822. The molecule has 0 aliphatic heterocycles. The lowest BCUT2D eigenvalue weighted by molar-refractivity contribution is -0.142. The lowest BCUT2D eigenvalue weighted by Crippen LogP contribution is -2.31. The molecule has 6 nitrogen and oxygen atoms in total. The second-order valence-corrected chi connectivity index (χ2v) is 4.91. The van der Waals surface area contributed by atoms with Crippen LogP contribution in [0.5, 0.6) is 0 Å². The van der Waals surface area contributed by atoms with Crippen molar-refractivity contribution in [1.29, 1.82) is 5.26 Å². The second-order valence-electron chi connectivity index (χ2n) is 4.55. The number of aliphatic carboxylic acids is 1. The molecule has 7 heteroatoms. The van der Waals surface area contributed by atoms with E-state index in [9.17, 15) is 4.79 Å². The maximum absolute atomic E-state index is 11.0. The Balaban J connectivity index is 2.03. The van der Waals surface area contributed by atoms with Gasteiger partial charge >= 0.3 is 5.97 Å². The molecular formula is C12H13ClN4O2. The second kappa shape index (κ2) is 5.85. The summed E-state index contributed by atoms with van der Waals surface area (Å²) in [6.07, 6.45) is 4.36. The third-order valence-electron chi connectivity index (χ3n) is 3.22. The molecule has 1 aliphatic rings. The van der Waals surface area contributed by atoms with E-state index in [-0.39, 0.29) is 22.7 Å². The fourth-order valence-corrected chi connectivity index (χ4v) is 2.40. The van der Waals surface area contributed by atoms with Crippen molar-refractivity contribution in [1.82, 2.24) is 9.97 Å². The molecule has 0 amide bonds. The number of carboxylic acids is 1. The normalized spacial score (nSPS) is 22.5. The fraction of sp³-hybridized carbons (Fsp3) is 0.500. The van der Waals surface area contributed by atoms with E-state index in [0.717, 1.165) is 12.8 Å². The van der Waals surface area contributed by atoms with Gasteiger partial charge in [0, 0.05) is 6.04 Å². The van der Waals surface area contributed by atoms with Gasteiger partial charge in [-0.15, -0.1) is 0 Å². The van der Waals surface area contributed by atoms with E-state index in [1.165, 1.54) is 6.20 Å². The molecule has 1 aromatic rings. The van der Waals surface area contributed by atoms with Gasteiger partial charge in [0.15, 0.2) is 5.15 Å². The van der Waals surface area contributed by atoms with E-state index in [1.54, 1.807) is 0 Å². The number of nitrogens with one attached hydrogen (secondary N) is 1. The molecule has 1 aromatic heterocycles. The zero-order chi connectivity index (χ0) is 13.8. The first-order valence-corrected chi connectivity index (χ1v) is 6.40. The summed E-state index contributed by atoms with van der Waals surface area (Å²) in [4.78, 5) is 19.0. The number of nitriles is 1. The zero-order valence-electron chi connectivity index (χ0n) is 10.1. The van der Waals surface area contributed by atoms with Crippen LogP contribution in [0, 0.1) is 17.2 Å². The van der Waals surface area contributed by atoms with Crippen LogP contribution in [0.1, 0.15) is 31.2 Å². The molecule has 19 heavy (non-hydrogen) atoms. The first kappa shape index (κ1) is 13.6. The summed E-state index contributed by atoms with van der Waals surface area (Å²) >= 11 is 5.82. The summed E-state index contributed by atoms with van der Waals surface area (Å²) < 4.78 is 0. The van der Waals surface area contributed by atoms with Crippen LogP contribution in [-0.4, -0.2) is 27.1 Å². The maximum Gasteiger partial charge on any atom is 0.306 e. The number of hydrogen-bond acceptors (Lipinski definition) is 5. The molecule has 2 rings (SSSR count). The summed E-state index contributed by atoms with van der Waals surface area (Å²) in [6.45, 7) is 0. The van der Waals surface area contributed by atoms with Crippen LogP contribution in [0.3, 0.4) is 0 Å². The van der Waals surface area contributed by atoms with Crippen molar-refractivity contribution < 1.29 is 9.90 Å². The SMILES string of the molecule is N#Cc1cnc(NC2CCCC(C(=O)O)C2)nc1Cl. The first-order valence-electron chi connectivity index (χ1n) is 6.02. The highest BCUT2D eigenvalue weighted by molar-refractivity contribution is 6.30. The van der Waals surface area contributed by atoms with Crippen molar-refractivity contribution >= 4 is 23.5 Å². The third kappa shape index (κ3) is 3.32. The minimum absolute atomic E-state index is 0.0267. The number of halogens is 1. The van der Waals surface area contributed by atoms with Gasteiger partial charge in [0.25, 0.3) is 0 Å². The monoisotopic (exact) mass is 280 g/mol. The van der Waals surface area contributed by atoms with E-state index in [2.05, 4.69) is 15.3 Å². The molecule has 0 saturated heterocycles. The molecule has 1 aliphatic carbocycles. The minimum atomic E-state index is -0.759. The smallest absolute Gasteiger partial charge is 0.306 e. The molecule has 1 heterocycles. The molecule has 2 unspecified atom stereocenters. The summed E-state index contributed by atoms with van der Waals surface area (Å²) in [5.41, 5.74) is 0.222. The molecule has 0 radical (unpaired) electrons. The van der Waals surface area contributed by atoms with Crippen LogP contribution < -0.4 is 5.32 Å². The Morgan fingerprint density at radius 1 is 1.58 bits per heavy atom. The highest BCUT2D eigenvalue weighted by Crippen LogP contribution is 2.26. The molecule has 1 saturated carbocycles. The van der Waals surface area contributed by atoms with Crippen LogP contribution in [-0.2, 0) is 4.79 Å². The lowest BCUT2D eigenvalue weighted by Gasteiger charge is -2.27. The topological polar surface area (TPSA) is 98.9 Å². The Hall–Kier alpha value is -1.87. The highest BCUT2D eigenvalue weighted by atomic mass is 35.5. The van der Waals surface area contributed by atoms with Gasteiger partial charge in [-0.05, 0) is 19.3 Å². The molecule has 100 valence electrons. The van der Waals surface area contributed by atoms with Crippen molar-refractivity contribution in [3.8, 4) is 6.07 Å². The van der Waals surface area contributed by atoms with Gasteiger partial charge in [-0.25, -0.2) is 4.98 Å². The van der Waals surface area contributed by atoms with Crippen molar-refractivity contribution in [2.24, 2.45) is 5.92 Å². The standard InChI is InChI=1S/C12H13ClN4O2/c13-10-8(5-14)6-15-12(17-10)16-9-3-1-2-7(4-9)11(18)19/h6-7,9H,1-4H2,(H,18,19)(H,15,16,17). The molecule has 0 bridgehead atoms. The fourth-order valence-electron chi connectivity index (χ4n) is 2.23. The molecule has 0 aromatic carbocycles. The number of rotatable bonds is 3. The largest absolute Gasteiger partial charge is 0.481 e. The van der Waals surface area contributed by atoms with Gasteiger partial charge in [0.1, 0.15) is 11.6 Å². The zero-order valence-corrected chi connectivity index (χ0v) is 10.9. The Bertz CT molecular complexity index is 529. The average Bonchev–Trinajstić information content (AvgIpc) is 2.39. The van der Waals surface area contributed by atoms with E-state index >= 15 is 0 Å². The third-order valence-corrected chi connectivity index (χ3v) is 3.51. The van der Waals surface area contributed by atoms with Crippen LogP contribution in [0.2, 0.25) is 5.15 Å². The maximum atomic E-state index is 11.0. The number of aromatic nitrogens is 2. The highest BCUT2D eigenvalue weighted by Gasteiger charge is 2.27. The number of anilines is 1. The van der Waals surface area contributed by atoms with Gasteiger partial charge in [-0.3, -0.25) is 4.79 Å². The van der Waals surface area contributed by atoms with Crippen molar-refractivity contribution in [2.45, 2.75) is 31.7 Å². The van der Waals surface area contributed by atoms with Gasteiger partial charge < -0.3 is 10.4 Å². The average molecular weight is 281 g/mol. The molecule has 1 fully saturated rings. The summed E-state index contributed by atoms with van der Waals surface area (Å²) in [5.74, 6) is -0.745. The summed E-state index contributed by atoms with van der Waals surface area (Å²) in [6, 6.07) is 1.91. The Kier molecular flexibility index (Phi) is 4.17. The van der Waals surface area contributed by atoms with E-state index in [0.29, 0.717) is 18.8 Å². The van der Waals surface area contributed by atoms with Gasteiger partial charge in [-0.2, -0.15) is 10.2 Å². The molecular weight excluding hydrogens is 268 g/mol. The summed E-state index contributed by atoms with van der Waals surface area (Å²) in [5, 5.41) is 20.9. The Morgan fingerprint density at radius 2 is 2.37 bits per heavy atom. The van der Waals surface area contributed by atoms with Crippen molar-refractivity contribution in [3.05, 3.63) is 16.9 Å². The predicted octanol–water partition coefficient (Wildman–Crippen LogP) is 2.06. The van der Waals surface area contributed by atoms with E-state index < -0.39 is 5.97 Å². The predicted molar refractivity (Wildman–Crippen MR) is 68.8 cm³/mol. The van der Waals surface area contributed by atoms with Crippen LogP contribution in [0.4, 0.5) is 5.95 Å². The van der Waals surface area contributed by atoms with Gasteiger partial charge in [0.05, 0.1) is 12.1 Å². The van der Waals surface area contributed by atoms with Gasteiger partial charge in [0.2, 0.25) is 5.95 Å². The first-order chi connectivity index (χ1) is 9.10. The molecule has 2 atom stereocenters. The number of carbonyl (C=O) groups is 1. The number of carboxylic acid groups (broad SMARTS) is 1.